The van der Waals surface area contributed by atoms with Gasteiger partial charge in [0.1, 0.15) is 0 Å². The van der Waals surface area contributed by atoms with Crippen LogP contribution in [0.4, 0.5) is 11.4 Å². The first-order valence-electron chi connectivity index (χ1n) is 6.58. The van der Waals surface area contributed by atoms with Crippen molar-refractivity contribution in [1.29, 1.82) is 0 Å². The number of ether oxygens (including phenoxy) is 2. The van der Waals surface area contributed by atoms with Crippen molar-refractivity contribution in [2.24, 2.45) is 7.05 Å². The van der Waals surface area contributed by atoms with Crippen molar-refractivity contribution >= 4 is 42.1 Å². The lowest BCUT2D eigenvalue weighted by molar-refractivity contribution is -0.116. The van der Waals surface area contributed by atoms with Crippen LogP contribution in [-0.2, 0) is 18.3 Å². The van der Waals surface area contributed by atoms with Crippen LogP contribution in [0.2, 0.25) is 0 Å². The topological polar surface area (TPSA) is 91.4 Å². The van der Waals surface area contributed by atoms with Gasteiger partial charge in [0, 0.05) is 31.8 Å². The molecular formula is C14H18Cl2N4O3. The van der Waals surface area contributed by atoms with Crippen LogP contribution in [0.3, 0.4) is 0 Å². The van der Waals surface area contributed by atoms with E-state index in [4.69, 9.17) is 15.2 Å². The summed E-state index contributed by atoms with van der Waals surface area (Å²) in [6.07, 6.45) is 4.63. The van der Waals surface area contributed by atoms with Gasteiger partial charge in [0.25, 0.3) is 0 Å². The maximum atomic E-state index is 12.0. The Hall–Kier alpha value is -2.12. The number of benzene rings is 1. The molecule has 1 amide bonds. The first kappa shape index (κ1) is 18.9. The number of aromatic nitrogens is 2. The van der Waals surface area contributed by atoms with Crippen molar-refractivity contribution in [1.82, 2.24) is 9.78 Å². The van der Waals surface area contributed by atoms with E-state index in [1.54, 1.807) is 23.0 Å². The van der Waals surface area contributed by atoms with Crippen LogP contribution in [0, 0.1) is 0 Å². The number of fused-ring (bicyclic) bond motifs is 1. The minimum absolute atomic E-state index is 0. The molecule has 0 bridgehead atoms. The van der Waals surface area contributed by atoms with E-state index in [2.05, 4.69) is 10.4 Å². The Kier molecular flexibility index (Phi) is 6.53. The Morgan fingerprint density at radius 1 is 1.35 bits per heavy atom. The highest BCUT2D eigenvalue weighted by atomic mass is 35.5. The number of aryl methyl sites for hydroxylation is 2. The lowest BCUT2D eigenvalue weighted by Crippen LogP contribution is -2.13. The van der Waals surface area contributed by atoms with Crippen molar-refractivity contribution in [3.05, 3.63) is 30.1 Å². The number of hydrogen-bond donors (Lipinski definition) is 2. The van der Waals surface area contributed by atoms with E-state index < -0.39 is 0 Å². The summed E-state index contributed by atoms with van der Waals surface area (Å²) < 4.78 is 12.2. The van der Waals surface area contributed by atoms with E-state index in [0.717, 1.165) is 5.56 Å². The number of nitrogens with one attached hydrogen (secondary N) is 1. The van der Waals surface area contributed by atoms with Crippen LogP contribution < -0.4 is 20.5 Å². The largest absolute Gasteiger partial charge is 0.454 e. The smallest absolute Gasteiger partial charge is 0.231 e. The van der Waals surface area contributed by atoms with E-state index in [9.17, 15) is 4.79 Å². The maximum absolute atomic E-state index is 12.0. The maximum Gasteiger partial charge on any atom is 0.231 e. The molecule has 9 heteroatoms. The second kappa shape index (κ2) is 7.94. The molecule has 0 spiro atoms. The van der Waals surface area contributed by atoms with Crippen LogP contribution in [0.5, 0.6) is 11.5 Å². The zero-order chi connectivity index (χ0) is 14.8. The van der Waals surface area contributed by atoms with Crippen molar-refractivity contribution in [2.45, 2.75) is 12.8 Å². The van der Waals surface area contributed by atoms with Gasteiger partial charge >= 0.3 is 0 Å². The summed E-state index contributed by atoms with van der Waals surface area (Å²) in [4.78, 5) is 12.0. The average molecular weight is 361 g/mol. The fourth-order valence-corrected chi connectivity index (χ4v) is 2.14. The standard InChI is InChI=1S/C14H16N4O3.2ClH/c1-18-7-9(6-16-18)2-3-14(19)17-11-5-13-12(4-10(11)15)20-8-21-13;;/h4-7H,2-3,8,15H2,1H3,(H,17,19);2*1H. The molecule has 7 nitrogen and oxygen atoms in total. The third kappa shape index (κ3) is 4.43. The van der Waals surface area contributed by atoms with Gasteiger partial charge in [-0.1, -0.05) is 0 Å². The highest BCUT2D eigenvalue weighted by molar-refractivity contribution is 5.94. The van der Waals surface area contributed by atoms with E-state index in [0.29, 0.717) is 35.7 Å². The number of carbonyl (C=O) groups excluding carboxylic acids is 1. The number of nitrogen functional groups attached to an aromatic ring is 1. The number of halogens is 2. The SMILES string of the molecule is Cl.Cl.Cn1cc(CCC(=O)Nc2cc3c(cc2N)OCO3)cn1. The molecule has 0 atom stereocenters. The molecular weight excluding hydrogens is 343 g/mol. The quantitative estimate of drug-likeness (QED) is 0.815. The Morgan fingerprint density at radius 3 is 2.70 bits per heavy atom. The minimum Gasteiger partial charge on any atom is -0.454 e. The van der Waals surface area contributed by atoms with Gasteiger partial charge in [0.2, 0.25) is 12.7 Å². The number of rotatable bonds is 4. The minimum atomic E-state index is -0.107. The molecule has 2 aromatic rings. The molecule has 1 aromatic carbocycles. The summed E-state index contributed by atoms with van der Waals surface area (Å²) in [5, 5.41) is 6.86. The van der Waals surface area contributed by atoms with Gasteiger partial charge in [0.05, 0.1) is 17.6 Å². The Labute approximate surface area is 145 Å². The van der Waals surface area contributed by atoms with Crippen LogP contribution in [0.25, 0.3) is 0 Å². The average Bonchev–Trinajstić information content (AvgIpc) is 3.05. The second-order valence-electron chi connectivity index (χ2n) is 4.86. The summed E-state index contributed by atoms with van der Waals surface area (Å²) in [6.45, 7) is 0.174. The van der Waals surface area contributed by atoms with Crippen molar-refractivity contribution < 1.29 is 14.3 Å². The fraction of sp³-hybridized carbons (Fsp3) is 0.286. The third-order valence-corrected chi connectivity index (χ3v) is 3.22. The number of hydrogen-bond acceptors (Lipinski definition) is 5. The first-order chi connectivity index (χ1) is 10.1. The molecule has 1 aliphatic rings. The van der Waals surface area contributed by atoms with Crippen molar-refractivity contribution in [3.8, 4) is 11.5 Å². The van der Waals surface area contributed by atoms with Crippen LogP contribution in [-0.4, -0.2) is 22.5 Å². The summed E-state index contributed by atoms with van der Waals surface area (Å²) in [5.74, 6) is 1.08. The van der Waals surface area contributed by atoms with Gasteiger partial charge in [0.15, 0.2) is 11.5 Å². The van der Waals surface area contributed by atoms with E-state index in [1.165, 1.54) is 0 Å². The first-order valence-corrected chi connectivity index (χ1v) is 6.58. The molecule has 1 aliphatic heterocycles. The monoisotopic (exact) mass is 360 g/mol. The zero-order valence-corrected chi connectivity index (χ0v) is 14.1. The van der Waals surface area contributed by atoms with Crippen molar-refractivity contribution in [2.75, 3.05) is 17.8 Å². The molecule has 1 aromatic heterocycles. The Morgan fingerprint density at radius 2 is 2.04 bits per heavy atom. The van der Waals surface area contributed by atoms with Gasteiger partial charge in [-0.2, -0.15) is 5.10 Å². The predicted octanol–water partition coefficient (Wildman–Crippen LogP) is 2.15. The number of nitrogens with two attached hydrogens (primary N) is 1. The zero-order valence-electron chi connectivity index (χ0n) is 12.4. The molecule has 0 saturated carbocycles. The third-order valence-electron chi connectivity index (χ3n) is 3.22. The lowest BCUT2D eigenvalue weighted by atomic mass is 10.2. The summed E-state index contributed by atoms with van der Waals surface area (Å²) in [5.41, 5.74) is 7.90. The van der Waals surface area contributed by atoms with Gasteiger partial charge < -0.3 is 20.5 Å². The van der Waals surface area contributed by atoms with Crippen LogP contribution >= 0.6 is 24.8 Å². The number of nitrogens with zero attached hydrogens (tertiary/aromatic N) is 2. The van der Waals surface area contributed by atoms with E-state index in [-0.39, 0.29) is 37.5 Å². The molecule has 23 heavy (non-hydrogen) atoms. The van der Waals surface area contributed by atoms with E-state index in [1.807, 2.05) is 13.2 Å². The number of amides is 1. The normalized spacial score (nSPS) is 11.3. The van der Waals surface area contributed by atoms with Crippen molar-refractivity contribution in [3.63, 3.8) is 0 Å². The predicted molar refractivity (Wildman–Crippen MR) is 91.6 cm³/mol. The molecule has 126 valence electrons. The van der Waals surface area contributed by atoms with E-state index >= 15 is 0 Å². The second-order valence-corrected chi connectivity index (χ2v) is 4.86. The number of carbonyl (C=O) groups is 1. The Balaban J connectivity index is 0.00000132. The molecule has 0 aliphatic carbocycles. The highest BCUT2D eigenvalue weighted by Gasteiger charge is 2.17. The summed E-state index contributed by atoms with van der Waals surface area (Å²) in [6, 6.07) is 3.33. The van der Waals surface area contributed by atoms with Gasteiger partial charge in [-0.15, -0.1) is 24.8 Å². The van der Waals surface area contributed by atoms with Gasteiger partial charge in [-0.3, -0.25) is 9.48 Å². The summed E-state index contributed by atoms with van der Waals surface area (Å²) in [7, 11) is 1.84. The van der Waals surface area contributed by atoms with Gasteiger partial charge in [-0.05, 0) is 12.0 Å². The molecule has 0 fully saturated rings. The molecule has 0 unspecified atom stereocenters. The molecule has 0 radical (unpaired) electrons. The molecule has 3 N–H and O–H groups in total. The highest BCUT2D eigenvalue weighted by Crippen LogP contribution is 2.38. The molecule has 3 rings (SSSR count). The lowest BCUT2D eigenvalue weighted by Gasteiger charge is -2.09. The fourth-order valence-electron chi connectivity index (χ4n) is 2.14. The summed E-state index contributed by atoms with van der Waals surface area (Å²) >= 11 is 0. The van der Waals surface area contributed by atoms with Gasteiger partial charge in [-0.25, -0.2) is 0 Å². The molecule has 0 saturated heterocycles. The molecule has 2 heterocycles. The van der Waals surface area contributed by atoms with Crippen LogP contribution in [0.1, 0.15) is 12.0 Å². The number of anilines is 2. The van der Waals surface area contributed by atoms with Crippen LogP contribution in [0.15, 0.2) is 24.5 Å². The Bertz CT molecular complexity index is 691.